The maximum Gasteiger partial charge on any atom is 0.264 e. The van der Waals surface area contributed by atoms with E-state index in [-0.39, 0.29) is 21.7 Å². The third kappa shape index (κ3) is 4.37. The maximum atomic E-state index is 13.8. The number of nitrogens with one attached hydrogen (secondary N) is 1. The van der Waals surface area contributed by atoms with E-state index in [2.05, 4.69) is 11.6 Å². The molecule has 0 amide bonds. The van der Waals surface area contributed by atoms with Crippen molar-refractivity contribution >= 4 is 27.3 Å². The second-order valence-corrected chi connectivity index (χ2v) is 10.6. The number of nitrogens with zero attached hydrogens (tertiary/aromatic N) is 1. The summed E-state index contributed by atoms with van der Waals surface area (Å²) < 4.78 is 28.8. The molecule has 32 heavy (non-hydrogen) atoms. The lowest BCUT2D eigenvalue weighted by molar-refractivity contribution is 0.135. The van der Waals surface area contributed by atoms with Gasteiger partial charge in [0.05, 0.1) is 10.6 Å². The summed E-state index contributed by atoms with van der Waals surface area (Å²) in [5, 5.41) is 12.0. The number of halogens is 1. The van der Waals surface area contributed by atoms with Crippen molar-refractivity contribution < 1.29 is 13.5 Å². The molecule has 168 valence electrons. The fourth-order valence-corrected chi connectivity index (χ4v) is 5.63. The lowest BCUT2D eigenvalue weighted by Gasteiger charge is -2.40. The molecule has 0 spiro atoms. The van der Waals surface area contributed by atoms with Gasteiger partial charge in [0.15, 0.2) is 0 Å². The maximum absolute atomic E-state index is 13.8. The number of aromatic nitrogens is 1. The van der Waals surface area contributed by atoms with Gasteiger partial charge in [-0.2, -0.15) is 0 Å². The molecule has 1 atom stereocenters. The van der Waals surface area contributed by atoms with Crippen LogP contribution in [0.4, 0.5) is 5.69 Å². The molecule has 1 unspecified atom stereocenters. The standard InChI is InChI=1S/C24H25ClN2O4S/c1-5-24(29,17-13-14-26-22(28)15-17)20-16-18(25)11-12-21(20)27(23(2,3)4)32(30,31)19-9-7-6-8-10-19/h5-16,29H,1H2,2-4H3,(H,26,28). The molecule has 8 heteroatoms. The average molecular weight is 473 g/mol. The predicted octanol–water partition coefficient (Wildman–Crippen LogP) is 4.44. The van der Waals surface area contributed by atoms with E-state index in [9.17, 15) is 18.3 Å². The highest BCUT2D eigenvalue weighted by Crippen LogP contribution is 2.42. The van der Waals surface area contributed by atoms with Gasteiger partial charge >= 0.3 is 0 Å². The van der Waals surface area contributed by atoms with Crippen LogP contribution in [0, 0.1) is 0 Å². The number of aromatic amines is 1. The van der Waals surface area contributed by atoms with Crippen LogP contribution in [0.25, 0.3) is 0 Å². The van der Waals surface area contributed by atoms with E-state index in [1.165, 1.54) is 46.9 Å². The third-order valence-corrected chi connectivity index (χ3v) is 7.32. The molecule has 0 aliphatic carbocycles. The summed E-state index contributed by atoms with van der Waals surface area (Å²) in [6, 6.07) is 15.4. The van der Waals surface area contributed by atoms with Gasteiger partial charge in [-0.25, -0.2) is 8.42 Å². The van der Waals surface area contributed by atoms with Crippen LogP contribution in [-0.4, -0.2) is 24.0 Å². The number of hydrogen-bond donors (Lipinski definition) is 2. The Morgan fingerprint density at radius 2 is 1.72 bits per heavy atom. The van der Waals surface area contributed by atoms with Crippen LogP contribution in [0.2, 0.25) is 5.02 Å². The first-order valence-corrected chi connectivity index (χ1v) is 11.7. The van der Waals surface area contributed by atoms with Crippen molar-refractivity contribution in [3.05, 3.63) is 106 Å². The molecule has 0 radical (unpaired) electrons. The molecule has 0 aliphatic heterocycles. The zero-order chi connectivity index (χ0) is 23.7. The SMILES string of the molecule is C=CC(O)(c1cc[nH]c(=O)c1)c1cc(Cl)ccc1N(C(C)(C)C)S(=O)(=O)c1ccccc1. The van der Waals surface area contributed by atoms with Gasteiger partial charge in [-0.3, -0.25) is 9.10 Å². The normalized spacial score (nSPS) is 13.9. The zero-order valence-corrected chi connectivity index (χ0v) is 19.6. The Balaban J connectivity index is 2.36. The molecule has 1 heterocycles. The van der Waals surface area contributed by atoms with Gasteiger partial charge in [-0.15, -0.1) is 0 Å². The molecule has 1 aromatic heterocycles. The lowest BCUT2D eigenvalue weighted by Crippen LogP contribution is -2.47. The Morgan fingerprint density at radius 3 is 2.28 bits per heavy atom. The monoisotopic (exact) mass is 472 g/mol. The molecule has 2 N–H and O–H groups in total. The van der Waals surface area contributed by atoms with Crippen LogP contribution in [0.3, 0.4) is 0 Å². The average Bonchev–Trinajstić information content (AvgIpc) is 2.74. The van der Waals surface area contributed by atoms with E-state index < -0.39 is 26.7 Å². The predicted molar refractivity (Wildman–Crippen MR) is 128 cm³/mol. The molecular weight excluding hydrogens is 448 g/mol. The van der Waals surface area contributed by atoms with Gasteiger partial charge in [-0.1, -0.05) is 42.5 Å². The van der Waals surface area contributed by atoms with Crippen molar-refractivity contribution in [1.82, 2.24) is 4.98 Å². The molecule has 0 saturated heterocycles. The van der Waals surface area contributed by atoms with Crippen LogP contribution in [-0.2, 0) is 15.6 Å². The number of H-pyrrole nitrogens is 1. The number of rotatable bonds is 6. The molecule has 0 bridgehead atoms. The molecule has 6 nitrogen and oxygen atoms in total. The summed E-state index contributed by atoms with van der Waals surface area (Å²) in [5.74, 6) is 0. The zero-order valence-electron chi connectivity index (χ0n) is 18.0. The first-order chi connectivity index (χ1) is 14.9. The van der Waals surface area contributed by atoms with Gasteiger partial charge in [0.25, 0.3) is 10.0 Å². The van der Waals surface area contributed by atoms with Gasteiger partial charge in [0.1, 0.15) is 5.60 Å². The van der Waals surface area contributed by atoms with E-state index in [0.29, 0.717) is 5.02 Å². The summed E-state index contributed by atoms with van der Waals surface area (Å²) in [5.41, 5.74) is -2.59. The highest BCUT2D eigenvalue weighted by Gasteiger charge is 2.40. The van der Waals surface area contributed by atoms with Crippen LogP contribution < -0.4 is 9.86 Å². The number of hydrogen-bond acceptors (Lipinski definition) is 4. The molecule has 2 aromatic carbocycles. The summed E-state index contributed by atoms with van der Waals surface area (Å²) in [6.07, 6.45) is 2.66. The summed E-state index contributed by atoms with van der Waals surface area (Å²) in [4.78, 5) is 14.6. The fourth-order valence-electron chi connectivity index (χ4n) is 3.60. The Labute approximate surface area is 192 Å². The van der Waals surface area contributed by atoms with Crippen LogP contribution in [0.5, 0.6) is 0 Å². The Hall–Kier alpha value is -2.87. The minimum Gasteiger partial charge on any atom is -0.377 e. The van der Waals surface area contributed by atoms with E-state index in [0.717, 1.165) is 0 Å². The second kappa shape index (κ2) is 8.58. The Bertz CT molecular complexity index is 1300. The number of pyridine rings is 1. The summed E-state index contributed by atoms with van der Waals surface area (Å²) in [7, 11) is -4.03. The third-order valence-electron chi connectivity index (χ3n) is 4.99. The highest BCUT2D eigenvalue weighted by atomic mass is 35.5. The van der Waals surface area contributed by atoms with Gasteiger partial charge in [0.2, 0.25) is 5.56 Å². The quantitative estimate of drug-likeness (QED) is 0.519. The van der Waals surface area contributed by atoms with Crippen molar-refractivity contribution in [3.8, 4) is 0 Å². The lowest BCUT2D eigenvalue weighted by atomic mass is 9.85. The molecule has 0 fully saturated rings. The first-order valence-electron chi connectivity index (χ1n) is 9.87. The van der Waals surface area contributed by atoms with Crippen molar-refractivity contribution in [2.45, 2.75) is 36.8 Å². The van der Waals surface area contributed by atoms with Gasteiger partial charge in [0, 0.05) is 28.4 Å². The largest absolute Gasteiger partial charge is 0.377 e. The molecule has 0 saturated carbocycles. The fraction of sp³-hybridized carbons (Fsp3) is 0.208. The van der Waals surface area contributed by atoms with E-state index in [1.54, 1.807) is 51.1 Å². The minimum atomic E-state index is -4.03. The molecule has 0 aliphatic rings. The van der Waals surface area contributed by atoms with Crippen molar-refractivity contribution in [2.75, 3.05) is 4.31 Å². The summed E-state index contributed by atoms with van der Waals surface area (Å²) >= 11 is 6.27. The summed E-state index contributed by atoms with van der Waals surface area (Å²) in [6.45, 7) is 9.02. The Morgan fingerprint density at radius 1 is 1.06 bits per heavy atom. The van der Waals surface area contributed by atoms with Crippen molar-refractivity contribution in [3.63, 3.8) is 0 Å². The van der Waals surface area contributed by atoms with Gasteiger partial charge < -0.3 is 10.1 Å². The van der Waals surface area contributed by atoms with Crippen LogP contribution in [0.1, 0.15) is 31.9 Å². The topological polar surface area (TPSA) is 90.5 Å². The van der Waals surface area contributed by atoms with Crippen molar-refractivity contribution in [2.24, 2.45) is 0 Å². The molecule has 3 aromatic rings. The van der Waals surface area contributed by atoms with E-state index in [1.807, 2.05) is 0 Å². The van der Waals surface area contributed by atoms with E-state index in [4.69, 9.17) is 11.6 Å². The number of benzene rings is 2. The number of anilines is 1. The van der Waals surface area contributed by atoms with Crippen molar-refractivity contribution in [1.29, 1.82) is 0 Å². The first kappa shape index (κ1) is 23.8. The Kier molecular flexibility index (Phi) is 6.38. The number of sulfonamides is 1. The number of aliphatic hydroxyl groups is 1. The smallest absolute Gasteiger partial charge is 0.264 e. The van der Waals surface area contributed by atoms with Gasteiger partial charge in [-0.05, 0) is 62.7 Å². The second-order valence-electron chi connectivity index (χ2n) is 8.33. The minimum absolute atomic E-state index is 0.106. The van der Waals surface area contributed by atoms with Crippen LogP contribution >= 0.6 is 11.6 Å². The molecule has 3 rings (SSSR count). The highest BCUT2D eigenvalue weighted by molar-refractivity contribution is 7.93. The van der Waals surface area contributed by atoms with Crippen LogP contribution in [0.15, 0.2) is 89.2 Å². The van der Waals surface area contributed by atoms with E-state index >= 15 is 0 Å². The molecular formula is C24H25ClN2O4S.